The molecule has 1 aromatic carbocycles. The second-order valence-electron chi connectivity index (χ2n) is 6.00. The molecule has 5 heteroatoms. The quantitative estimate of drug-likeness (QED) is 0.729. The molecule has 0 aliphatic heterocycles. The molecule has 0 aliphatic carbocycles. The first-order valence-electron chi connectivity index (χ1n) is 7.98. The number of aromatic nitrogens is 3. The summed E-state index contributed by atoms with van der Waals surface area (Å²) >= 11 is 0. The summed E-state index contributed by atoms with van der Waals surface area (Å²) in [5, 5.41) is 5.48. The van der Waals surface area contributed by atoms with Gasteiger partial charge in [0.15, 0.2) is 0 Å². The van der Waals surface area contributed by atoms with Gasteiger partial charge in [0, 0.05) is 48.6 Å². The predicted octanol–water partition coefficient (Wildman–Crippen LogP) is 3.20. The zero-order valence-electron chi connectivity index (χ0n) is 14.0. The van der Waals surface area contributed by atoms with Gasteiger partial charge in [-0.05, 0) is 50.2 Å². The van der Waals surface area contributed by atoms with Gasteiger partial charge in [-0.25, -0.2) is 0 Å². The van der Waals surface area contributed by atoms with Crippen molar-refractivity contribution in [2.24, 2.45) is 0 Å². The number of H-pyrrole nitrogens is 1. The van der Waals surface area contributed by atoms with E-state index >= 15 is 0 Å². The topological polar surface area (TPSA) is 46.1 Å². The van der Waals surface area contributed by atoms with Crippen LogP contribution < -0.4 is 4.74 Å². The summed E-state index contributed by atoms with van der Waals surface area (Å²) in [6.45, 7) is 5.09. The van der Waals surface area contributed by atoms with E-state index in [2.05, 4.69) is 41.1 Å². The Kier molecular flexibility index (Phi) is 4.67. The number of aryl methyl sites for hydroxylation is 2. The number of nitrogens with one attached hydrogen (secondary N) is 1. The van der Waals surface area contributed by atoms with Crippen LogP contribution in [-0.2, 0) is 13.1 Å². The van der Waals surface area contributed by atoms with Crippen LogP contribution in [0.1, 0.15) is 17.7 Å². The van der Waals surface area contributed by atoms with E-state index in [1.54, 1.807) is 7.11 Å². The Morgan fingerprint density at radius 1 is 1.35 bits per heavy atom. The number of ether oxygens (including phenoxy) is 1. The Morgan fingerprint density at radius 2 is 2.22 bits per heavy atom. The highest BCUT2D eigenvalue weighted by Gasteiger charge is 2.10. The molecular weight excluding hydrogens is 288 g/mol. The van der Waals surface area contributed by atoms with Crippen molar-refractivity contribution in [2.75, 3.05) is 20.7 Å². The highest BCUT2D eigenvalue weighted by atomic mass is 16.5. The molecule has 0 unspecified atom stereocenters. The molecule has 3 rings (SSSR count). The van der Waals surface area contributed by atoms with Crippen molar-refractivity contribution >= 4 is 10.9 Å². The fourth-order valence-corrected chi connectivity index (χ4v) is 2.93. The van der Waals surface area contributed by atoms with E-state index in [-0.39, 0.29) is 0 Å². The lowest BCUT2D eigenvalue weighted by atomic mass is 10.1. The monoisotopic (exact) mass is 312 g/mol. The molecule has 0 fully saturated rings. The third-order valence-corrected chi connectivity index (χ3v) is 4.28. The van der Waals surface area contributed by atoms with Gasteiger partial charge in [-0.3, -0.25) is 4.68 Å². The summed E-state index contributed by atoms with van der Waals surface area (Å²) in [5.41, 5.74) is 3.75. The lowest BCUT2D eigenvalue weighted by Crippen LogP contribution is -2.21. The predicted molar refractivity (Wildman–Crippen MR) is 92.8 cm³/mol. The van der Waals surface area contributed by atoms with Crippen LogP contribution in [0.5, 0.6) is 5.75 Å². The number of aromatic amines is 1. The molecule has 0 aliphatic rings. The fraction of sp³-hybridized carbons (Fsp3) is 0.389. The van der Waals surface area contributed by atoms with E-state index in [1.807, 2.05) is 29.2 Å². The van der Waals surface area contributed by atoms with Crippen molar-refractivity contribution in [2.45, 2.75) is 26.4 Å². The highest BCUT2D eigenvalue weighted by Crippen LogP contribution is 2.26. The number of rotatable bonds is 7. The van der Waals surface area contributed by atoms with E-state index in [9.17, 15) is 0 Å². The molecule has 0 atom stereocenters. The number of hydrogen-bond acceptors (Lipinski definition) is 3. The SMILES string of the molecule is COc1ccc2[nH]c(CN(C)CCCn3cccn3)c(C)c2c1. The normalized spacial score (nSPS) is 11.5. The van der Waals surface area contributed by atoms with Gasteiger partial charge in [0.1, 0.15) is 5.75 Å². The maximum Gasteiger partial charge on any atom is 0.119 e. The number of fused-ring (bicyclic) bond motifs is 1. The molecule has 0 amide bonds. The Hall–Kier alpha value is -2.27. The van der Waals surface area contributed by atoms with Crippen molar-refractivity contribution in [3.05, 3.63) is 47.9 Å². The van der Waals surface area contributed by atoms with Crippen LogP contribution >= 0.6 is 0 Å². The minimum absolute atomic E-state index is 0.902. The third-order valence-electron chi connectivity index (χ3n) is 4.28. The van der Waals surface area contributed by atoms with Crippen molar-refractivity contribution in [3.8, 4) is 5.75 Å². The second-order valence-corrected chi connectivity index (χ2v) is 6.00. The van der Waals surface area contributed by atoms with Crippen LogP contribution in [0.3, 0.4) is 0 Å². The largest absolute Gasteiger partial charge is 0.497 e. The van der Waals surface area contributed by atoms with Gasteiger partial charge in [-0.15, -0.1) is 0 Å². The molecule has 3 aromatic rings. The smallest absolute Gasteiger partial charge is 0.119 e. The zero-order valence-corrected chi connectivity index (χ0v) is 14.0. The van der Waals surface area contributed by atoms with E-state index in [0.29, 0.717) is 0 Å². The summed E-state index contributed by atoms with van der Waals surface area (Å²) < 4.78 is 7.30. The molecule has 0 radical (unpaired) electrons. The van der Waals surface area contributed by atoms with E-state index in [1.165, 1.54) is 22.2 Å². The Labute approximate surface area is 136 Å². The first-order valence-corrected chi connectivity index (χ1v) is 7.98. The average molecular weight is 312 g/mol. The maximum absolute atomic E-state index is 5.32. The summed E-state index contributed by atoms with van der Waals surface area (Å²) in [4.78, 5) is 5.88. The molecule has 1 N–H and O–H groups in total. The molecule has 2 heterocycles. The molecule has 2 aromatic heterocycles. The van der Waals surface area contributed by atoms with Crippen molar-refractivity contribution in [3.63, 3.8) is 0 Å². The fourth-order valence-electron chi connectivity index (χ4n) is 2.93. The number of nitrogens with zero attached hydrogens (tertiary/aromatic N) is 3. The maximum atomic E-state index is 5.32. The molecular formula is C18H24N4O. The average Bonchev–Trinajstić information content (AvgIpc) is 3.16. The summed E-state index contributed by atoms with van der Waals surface area (Å²) in [7, 11) is 3.87. The zero-order chi connectivity index (χ0) is 16.2. The van der Waals surface area contributed by atoms with Crippen LogP contribution in [0.4, 0.5) is 0 Å². The summed E-state index contributed by atoms with van der Waals surface area (Å²) in [6, 6.07) is 8.15. The number of methoxy groups -OCH3 is 1. The van der Waals surface area contributed by atoms with Gasteiger partial charge >= 0.3 is 0 Å². The van der Waals surface area contributed by atoms with Crippen molar-refractivity contribution in [1.82, 2.24) is 19.7 Å². The molecule has 122 valence electrons. The Balaban J connectivity index is 1.62. The van der Waals surface area contributed by atoms with Crippen LogP contribution in [0.25, 0.3) is 10.9 Å². The summed E-state index contributed by atoms with van der Waals surface area (Å²) in [6.07, 6.45) is 4.92. The third kappa shape index (κ3) is 3.56. The Morgan fingerprint density at radius 3 is 2.96 bits per heavy atom. The van der Waals surface area contributed by atoms with Crippen LogP contribution in [0.15, 0.2) is 36.7 Å². The standard InChI is InChI=1S/C18H24N4O/c1-14-16-12-15(23-3)6-7-17(16)20-18(14)13-21(2)9-5-11-22-10-4-8-19-22/h4,6-8,10,12,20H,5,9,11,13H2,1-3H3. The lowest BCUT2D eigenvalue weighted by molar-refractivity contribution is 0.308. The lowest BCUT2D eigenvalue weighted by Gasteiger charge is -2.16. The molecule has 23 heavy (non-hydrogen) atoms. The molecule has 5 nitrogen and oxygen atoms in total. The summed E-state index contributed by atoms with van der Waals surface area (Å²) in [5.74, 6) is 0.902. The van der Waals surface area contributed by atoms with Gasteiger partial charge in [-0.1, -0.05) is 0 Å². The minimum Gasteiger partial charge on any atom is -0.497 e. The molecule has 0 saturated carbocycles. The van der Waals surface area contributed by atoms with Crippen LogP contribution in [0.2, 0.25) is 0 Å². The minimum atomic E-state index is 0.902. The van der Waals surface area contributed by atoms with Gasteiger partial charge in [-0.2, -0.15) is 5.10 Å². The highest BCUT2D eigenvalue weighted by molar-refractivity contribution is 5.85. The number of benzene rings is 1. The van der Waals surface area contributed by atoms with Gasteiger partial charge in [0.2, 0.25) is 0 Å². The Bertz CT molecular complexity index is 761. The van der Waals surface area contributed by atoms with Gasteiger partial charge < -0.3 is 14.6 Å². The molecule has 0 bridgehead atoms. The van der Waals surface area contributed by atoms with E-state index < -0.39 is 0 Å². The van der Waals surface area contributed by atoms with E-state index in [4.69, 9.17) is 4.74 Å². The molecule has 0 spiro atoms. The van der Waals surface area contributed by atoms with Crippen molar-refractivity contribution < 1.29 is 4.74 Å². The molecule has 0 saturated heterocycles. The number of hydrogen-bond donors (Lipinski definition) is 1. The second kappa shape index (κ2) is 6.87. The van der Waals surface area contributed by atoms with Crippen LogP contribution in [0, 0.1) is 6.92 Å². The van der Waals surface area contributed by atoms with Gasteiger partial charge in [0.25, 0.3) is 0 Å². The van der Waals surface area contributed by atoms with Crippen LogP contribution in [-0.4, -0.2) is 40.4 Å². The first kappa shape index (κ1) is 15.6. The van der Waals surface area contributed by atoms with E-state index in [0.717, 1.165) is 31.8 Å². The van der Waals surface area contributed by atoms with Crippen molar-refractivity contribution in [1.29, 1.82) is 0 Å². The first-order chi connectivity index (χ1) is 11.2. The van der Waals surface area contributed by atoms with Gasteiger partial charge in [0.05, 0.1) is 7.11 Å².